The molecular formula is C21H36BrN3O3Si2. The van der Waals surface area contributed by atoms with Crippen LogP contribution in [0.25, 0.3) is 11.4 Å². The molecule has 0 amide bonds. The molecule has 0 saturated heterocycles. The molecule has 1 aromatic carbocycles. The highest BCUT2D eigenvalue weighted by molar-refractivity contribution is 9.10. The maximum Gasteiger partial charge on any atom is 0.350 e. The van der Waals surface area contributed by atoms with Crippen molar-refractivity contribution < 1.29 is 9.47 Å². The van der Waals surface area contributed by atoms with Gasteiger partial charge in [0.05, 0.1) is 0 Å². The monoisotopic (exact) mass is 513 g/mol. The molecule has 0 unspecified atom stereocenters. The second kappa shape index (κ2) is 10.5. The third-order valence-corrected chi connectivity index (χ3v) is 8.68. The van der Waals surface area contributed by atoms with E-state index in [1.165, 1.54) is 4.68 Å². The Morgan fingerprint density at radius 3 is 2.07 bits per heavy atom. The molecule has 168 valence electrons. The van der Waals surface area contributed by atoms with Crippen molar-refractivity contribution in [2.45, 2.75) is 71.8 Å². The standard InChI is InChI=1S/C21H36BrN3O3Si2/c1-17-14-18(22)8-9-19(17)20-23-25(16-28-11-13-30(5,6)7)21(26)24(20)15-27-10-12-29(2,3)4/h8-9,14H,10-13,15-16H2,1-7H3. The van der Waals surface area contributed by atoms with Gasteiger partial charge in [-0.2, -0.15) is 4.68 Å². The van der Waals surface area contributed by atoms with Gasteiger partial charge in [0.2, 0.25) is 0 Å². The number of rotatable bonds is 11. The maximum absolute atomic E-state index is 13.0. The van der Waals surface area contributed by atoms with E-state index >= 15 is 0 Å². The fourth-order valence-electron chi connectivity index (χ4n) is 2.78. The van der Waals surface area contributed by atoms with Crippen molar-refractivity contribution in [3.63, 3.8) is 0 Å². The number of aromatic nitrogens is 3. The Balaban J connectivity index is 2.23. The molecule has 1 heterocycles. The van der Waals surface area contributed by atoms with Crippen LogP contribution in [0.1, 0.15) is 5.56 Å². The van der Waals surface area contributed by atoms with E-state index in [1.54, 1.807) is 4.57 Å². The van der Waals surface area contributed by atoms with E-state index in [-0.39, 0.29) is 19.2 Å². The first kappa shape index (κ1) is 25.3. The predicted molar refractivity (Wildman–Crippen MR) is 133 cm³/mol. The van der Waals surface area contributed by atoms with Gasteiger partial charge in [-0.05, 0) is 42.8 Å². The third-order valence-electron chi connectivity index (χ3n) is 4.78. The van der Waals surface area contributed by atoms with Crippen LogP contribution in [0.4, 0.5) is 0 Å². The minimum absolute atomic E-state index is 0.161. The second-order valence-electron chi connectivity index (χ2n) is 10.2. The van der Waals surface area contributed by atoms with Crippen molar-refractivity contribution in [2.24, 2.45) is 0 Å². The highest BCUT2D eigenvalue weighted by Gasteiger charge is 2.19. The van der Waals surface area contributed by atoms with Crippen molar-refractivity contribution in [3.8, 4) is 11.4 Å². The van der Waals surface area contributed by atoms with Gasteiger partial charge in [0, 0.05) is 39.4 Å². The Labute approximate surface area is 190 Å². The summed E-state index contributed by atoms with van der Waals surface area (Å²) in [5.74, 6) is 0.617. The van der Waals surface area contributed by atoms with Crippen molar-refractivity contribution in [1.82, 2.24) is 14.3 Å². The molecule has 6 nitrogen and oxygen atoms in total. The molecule has 9 heteroatoms. The normalized spacial score (nSPS) is 12.5. The molecule has 0 aliphatic heterocycles. The van der Waals surface area contributed by atoms with E-state index in [1.807, 2.05) is 25.1 Å². The van der Waals surface area contributed by atoms with Crippen LogP contribution >= 0.6 is 15.9 Å². The van der Waals surface area contributed by atoms with E-state index in [9.17, 15) is 4.79 Å². The molecule has 0 aliphatic carbocycles. The number of ether oxygens (including phenoxy) is 2. The summed E-state index contributed by atoms with van der Waals surface area (Å²) in [4.78, 5) is 13.0. The molecule has 0 saturated carbocycles. The minimum Gasteiger partial charge on any atom is -0.361 e. The van der Waals surface area contributed by atoms with Gasteiger partial charge < -0.3 is 9.47 Å². The molecule has 0 fully saturated rings. The van der Waals surface area contributed by atoms with Gasteiger partial charge in [0.25, 0.3) is 0 Å². The third kappa shape index (κ3) is 7.92. The highest BCUT2D eigenvalue weighted by Crippen LogP contribution is 2.24. The van der Waals surface area contributed by atoms with E-state index in [2.05, 4.69) is 60.3 Å². The lowest BCUT2D eigenvalue weighted by molar-refractivity contribution is 0.0692. The van der Waals surface area contributed by atoms with E-state index in [4.69, 9.17) is 9.47 Å². The van der Waals surface area contributed by atoms with Crippen LogP contribution in [-0.4, -0.2) is 43.7 Å². The number of aryl methyl sites for hydroxylation is 1. The molecule has 0 aliphatic rings. The predicted octanol–water partition coefficient (Wildman–Crippen LogP) is 5.41. The van der Waals surface area contributed by atoms with Crippen LogP contribution in [0.2, 0.25) is 51.4 Å². The number of hydrogen-bond acceptors (Lipinski definition) is 4. The van der Waals surface area contributed by atoms with Crippen LogP contribution in [0.3, 0.4) is 0 Å². The second-order valence-corrected chi connectivity index (χ2v) is 22.3. The zero-order valence-electron chi connectivity index (χ0n) is 19.4. The first-order valence-electron chi connectivity index (χ1n) is 10.5. The molecule has 2 rings (SSSR count). The molecule has 1 aromatic heterocycles. The molecule has 0 atom stereocenters. The quantitative estimate of drug-likeness (QED) is 0.297. The van der Waals surface area contributed by atoms with Gasteiger partial charge >= 0.3 is 5.69 Å². The Bertz CT molecular complexity index is 898. The lowest BCUT2D eigenvalue weighted by atomic mass is 10.1. The topological polar surface area (TPSA) is 58.3 Å². The Hall–Kier alpha value is -1.01. The summed E-state index contributed by atoms with van der Waals surface area (Å²) in [5.41, 5.74) is 1.77. The largest absolute Gasteiger partial charge is 0.361 e. The minimum atomic E-state index is -1.19. The average Bonchev–Trinajstić information content (AvgIpc) is 2.90. The molecule has 2 aromatic rings. The SMILES string of the molecule is Cc1cc(Br)ccc1-c1nn(COCC[Si](C)(C)C)c(=O)n1COCC[Si](C)(C)C. The summed E-state index contributed by atoms with van der Waals surface area (Å²) in [5, 5.41) is 4.60. The van der Waals surface area contributed by atoms with Crippen molar-refractivity contribution in [1.29, 1.82) is 0 Å². The van der Waals surface area contributed by atoms with Gasteiger partial charge in [0.1, 0.15) is 13.5 Å². The smallest absolute Gasteiger partial charge is 0.350 e. The molecule has 0 N–H and O–H groups in total. The number of benzene rings is 1. The van der Waals surface area contributed by atoms with E-state index < -0.39 is 16.1 Å². The number of halogens is 1. The first-order valence-corrected chi connectivity index (χ1v) is 18.7. The van der Waals surface area contributed by atoms with Crippen LogP contribution in [-0.2, 0) is 22.9 Å². The molecule has 0 radical (unpaired) electrons. The van der Waals surface area contributed by atoms with Crippen LogP contribution in [0.5, 0.6) is 0 Å². The van der Waals surface area contributed by atoms with Crippen LogP contribution in [0.15, 0.2) is 27.5 Å². The Morgan fingerprint density at radius 2 is 1.53 bits per heavy atom. The molecule has 0 bridgehead atoms. The summed E-state index contributed by atoms with van der Waals surface area (Å²) in [6.07, 6.45) is 0. The summed E-state index contributed by atoms with van der Waals surface area (Å²) >= 11 is 3.50. The van der Waals surface area contributed by atoms with Crippen molar-refractivity contribution >= 4 is 32.1 Å². The van der Waals surface area contributed by atoms with Gasteiger partial charge in [-0.25, -0.2) is 4.79 Å². The van der Waals surface area contributed by atoms with Gasteiger partial charge in [-0.1, -0.05) is 55.2 Å². The zero-order valence-corrected chi connectivity index (χ0v) is 23.0. The summed E-state index contributed by atoms with van der Waals surface area (Å²) in [6.45, 7) is 17.5. The average molecular weight is 515 g/mol. The maximum atomic E-state index is 13.0. The lowest BCUT2D eigenvalue weighted by Gasteiger charge is -2.15. The van der Waals surface area contributed by atoms with Gasteiger partial charge in [-0.3, -0.25) is 4.57 Å². The molecular weight excluding hydrogens is 478 g/mol. The summed E-state index contributed by atoms with van der Waals surface area (Å²) in [6, 6.07) is 8.09. The fourth-order valence-corrected chi connectivity index (χ4v) is 4.77. The Morgan fingerprint density at radius 1 is 0.967 bits per heavy atom. The van der Waals surface area contributed by atoms with Gasteiger partial charge in [0.15, 0.2) is 5.82 Å². The van der Waals surface area contributed by atoms with Gasteiger partial charge in [-0.15, -0.1) is 5.10 Å². The fraction of sp³-hybridized carbons (Fsp3) is 0.619. The number of hydrogen-bond donors (Lipinski definition) is 0. The van der Waals surface area contributed by atoms with Crippen molar-refractivity contribution in [3.05, 3.63) is 38.7 Å². The van der Waals surface area contributed by atoms with E-state index in [0.29, 0.717) is 19.0 Å². The number of nitrogens with zero attached hydrogens (tertiary/aromatic N) is 3. The molecule has 30 heavy (non-hydrogen) atoms. The van der Waals surface area contributed by atoms with Crippen LogP contribution < -0.4 is 5.69 Å². The summed E-state index contributed by atoms with van der Waals surface area (Å²) in [7, 11) is -2.37. The molecule has 0 spiro atoms. The highest BCUT2D eigenvalue weighted by atomic mass is 79.9. The van der Waals surface area contributed by atoms with Crippen molar-refractivity contribution in [2.75, 3.05) is 13.2 Å². The zero-order chi connectivity index (χ0) is 22.5. The first-order chi connectivity index (χ1) is 13.9. The lowest BCUT2D eigenvalue weighted by Crippen LogP contribution is -2.28. The van der Waals surface area contributed by atoms with E-state index in [0.717, 1.165) is 27.7 Å². The summed E-state index contributed by atoms with van der Waals surface area (Å²) < 4.78 is 15.7. The Kier molecular flexibility index (Phi) is 8.87. The van der Waals surface area contributed by atoms with Crippen LogP contribution in [0, 0.1) is 6.92 Å².